The Labute approximate surface area is 116 Å². The van der Waals surface area contributed by atoms with Gasteiger partial charge in [-0.1, -0.05) is 15.9 Å². The first-order chi connectivity index (χ1) is 8.90. The Balaban J connectivity index is 2.28. The topological polar surface area (TPSA) is 62.4 Å². The van der Waals surface area contributed by atoms with Crippen molar-refractivity contribution in [2.24, 2.45) is 10.8 Å². The summed E-state index contributed by atoms with van der Waals surface area (Å²) in [6, 6.07) is 3.99. The molecule has 19 heavy (non-hydrogen) atoms. The van der Waals surface area contributed by atoms with Gasteiger partial charge in [0.2, 0.25) is 5.96 Å². The van der Waals surface area contributed by atoms with E-state index in [0.29, 0.717) is 4.47 Å². The van der Waals surface area contributed by atoms with E-state index in [0.717, 1.165) is 18.9 Å². The average Bonchev–Trinajstić information content (AvgIpc) is 3.13. The van der Waals surface area contributed by atoms with Crippen molar-refractivity contribution in [1.29, 1.82) is 0 Å². The van der Waals surface area contributed by atoms with Crippen LogP contribution in [0.5, 0.6) is 0 Å². The molecule has 0 saturated heterocycles. The maximum atomic E-state index is 12.9. The highest BCUT2D eigenvalue weighted by molar-refractivity contribution is 9.10. The van der Waals surface area contributed by atoms with Crippen LogP contribution in [0.1, 0.15) is 18.4 Å². The third kappa shape index (κ3) is 3.84. The number of hydrogen-bond donors (Lipinski definition) is 3. The molecule has 0 spiro atoms. The number of halogens is 4. The number of aliphatic imine (C=N–C) groups is 1. The van der Waals surface area contributed by atoms with E-state index in [9.17, 15) is 13.2 Å². The van der Waals surface area contributed by atoms with Crippen LogP contribution in [0.3, 0.4) is 0 Å². The average molecular weight is 337 g/mol. The molecule has 1 aromatic rings. The van der Waals surface area contributed by atoms with Gasteiger partial charge in [0.15, 0.2) is 0 Å². The molecule has 8 heteroatoms. The van der Waals surface area contributed by atoms with Gasteiger partial charge in [0, 0.05) is 4.47 Å². The van der Waals surface area contributed by atoms with Gasteiger partial charge >= 0.3 is 6.18 Å². The van der Waals surface area contributed by atoms with Crippen LogP contribution in [0.15, 0.2) is 27.7 Å². The van der Waals surface area contributed by atoms with E-state index >= 15 is 0 Å². The second kappa shape index (κ2) is 5.38. The summed E-state index contributed by atoms with van der Waals surface area (Å²) in [6.45, 7) is 0. The zero-order valence-electron chi connectivity index (χ0n) is 9.76. The first-order valence-electron chi connectivity index (χ1n) is 5.58. The molecule has 0 radical (unpaired) electrons. The number of hydrazine groups is 1. The van der Waals surface area contributed by atoms with Gasteiger partial charge in [-0.3, -0.25) is 5.43 Å². The summed E-state index contributed by atoms with van der Waals surface area (Å²) in [5.74, 6) is 5.39. The summed E-state index contributed by atoms with van der Waals surface area (Å²) in [4.78, 5) is 4.14. The Hall–Kier alpha value is -1.28. The number of benzene rings is 1. The Morgan fingerprint density at radius 3 is 2.58 bits per heavy atom. The predicted octanol–water partition coefficient (Wildman–Crippen LogP) is 2.86. The van der Waals surface area contributed by atoms with Gasteiger partial charge in [0.1, 0.15) is 0 Å². The molecule has 2 rings (SSSR count). The van der Waals surface area contributed by atoms with E-state index in [2.05, 4.69) is 31.7 Å². The molecule has 0 aromatic heterocycles. The van der Waals surface area contributed by atoms with Gasteiger partial charge in [-0.05, 0) is 31.0 Å². The maximum absolute atomic E-state index is 12.9. The first-order valence-corrected chi connectivity index (χ1v) is 6.37. The zero-order chi connectivity index (χ0) is 14.0. The van der Waals surface area contributed by atoms with Crippen LogP contribution < -0.4 is 16.6 Å². The number of rotatable bonds is 2. The van der Waals surface area contributed by atoms with Crippen molar-refractivity contribution in [3.05, 3.63) is 28.2 Å². The van der Waals surface area contributed by atoms with Crippen molar-refractivity contribution in [2.75, 3.05) is 5.32 Å². The molecule has 0 bridgehead atoms. The van der Waals surface area contributed by atoms with Crippen molar-refractivity contribution in [3.63, 3.8) is 0 Å². The minimum atomic E-state index is -4.45. The largest absolute Gasteiger partial charge is 0.418 e. The van der Waals surface area contributed by atoms with E-state index in [1.54, 1.807) is 0 Å². The van der Waals surface area contributed by atoms with Gasteiger partial charge in [-0.2, -0.15) is 13.2 Å². The Bertz CT molecular complexity index is 497. The highest BCUT2D eigenvalue weighted by atomic mass is 79.9. The summed E-state index contributed by atoms with van der Waals surface area (Å²) >= 11 is 3.02. The number of nitrogens with one attached hydrogen (secondary N) is 2. The fraction of sp³-hybridized carbons (Fsp3) is 0.364. The highest BCUT2D eigenvalue weighted by Gasteiger charge is 2.34. The SMILES string of the molecule is NNC(=NC1CC1)Nc1ccc(Br)cc1C(F)(F)F. The van der Waals surface area contributed by atoms with Gasteiger partial charge in [0.05, 0.1) is 17.3 Å². The molecule has 104 valence electrons. The zero-order valence-corrected chi connectivity index (χ0v) is 11.3. The van der Waals surface area contributed by atoms with Crippen molar-refractivity contribution >= 4 is 27.6 Å². The lowest BCUT2D eigenvalue weighted by molar-refractivity contribution is -0.136. The lowest BCUT2D eigenvalue weighted by atomic mass is 10.1. The van der Waals surface area contributed by atoms with Crippen molar-refractivity contribution in [1.82, 2.24) is 5.43 Å². The molecular weight excluding hydrogens is 325 g/mol. The van der Waals surface area contributed by atoms with Crippen LogP contribution in [-0.4, -0.2) is 12.0 Å². The number of nitrogens with two attached hydrogens (primary N) is 1. The summed E-state index contributed by atoms with van der Waals surface area (Å²) in [6.07, 6.45) is -2.59. The van der Waals surface area contributed by atoms with Crippen LogP contribution in [0.2, 0.25) is 0 Å². The maximum Gasteiger partial charge on any atom is 0.418 e. The van der Waals surface area contributed by atoms with Crippen molar-refractivity contribution in [2.45, 2.75) is 25.1 Å². The number of nitrogens with zero attached hydrogens (tertiary/aromatic N) is 1. The third-order valence-corrected chi connectivity index (χ3v) is 3.03. The monoisotopic (exact) mass is 336 g/mol. The molecule has 0 heterocycles. The quantitative estimate of drug-likeness (QED) is 0.337. The number of hydrogen-bond acceptors (Lipinski definition) is 2. The molecule has 1 aliphatic carbocycles. The smallest absolute Gasteiger partial charge is 0.325 e. The molecule has 1 fully saturated rings. The molecule has 0 amide bonds. The van der Waals surface area contributed by atoms with Gasteiger partial charge in [-0.25, -0.2) is 10.8 Å². The van der Waals surface area contributed by atoms with Crippen molar-refractivity contribution in [3.8, 4) is 0 Å². The Morgan fingerprint density at radius 2 is 2.05 bits per heavy atom. The minimum absolute atomic E-state index is 0.0898. The fourth-order valence-electron chi connectivity index (χ4n) is 1.48. The standard InChI is InChI=1S/C11H12BrF3N4/c12-6-1-4-9(8(5-6)11(13,14)15)18-10(19-16)17-7-2-3-7/h1,4-5,7H,2-3,16H2,(H2,17,18,19). The Kier molecular flexibility index (Phi) is 4.00. The second-order valence-corrected chi connectivity index (χ2v) is 5.08. The molecular formula is C11H12BrF3N4. The second-order valence-electron chi connectivity index (χ2n) is 4.17. The third-order valence-electron chi connectivity index (χ3n) is 2.54. The van der Waals surface area contributed by atoms with Crippen LogP contribution >= 0.6 is 15.9 Å². The van der Waals surface area contributed by atoms with E-state index in [4.69, 9.17) is 5.84 Å². The number of anilines is 1. The highest BCUT2D eigenvalue weighted by Crippen LogP contribution is 2.36. The van der Waals surface area contributed by atoms with E-state index in [1.807, 2.05) is 0 Å². The Morgan fingerprint density at radius 1 is 1.37 bits per heavy atom. The van der Waals surface area contributed by atoms with Gasteiger partial charge in [0.25, 0.3) is 0 Å². The van der Waals surface area contributed by atoms with Crippen LogP contribution in [0.25, 0.3) is 0 Å². The number of guanidine groups is 1. The molecule has 1 saturated carbocycles. The molecule has 0 atom stereocenters. The molecule has 4 nitrogen and oxygen atoms in total. The fourth-order valence-corrected chi connectivity index (χ4v) is 1.84. The van der Waals surface area contributed by atoms with Crippen LogP contribution in [0.4, 0.5) is 18.9 Å². The lowest BCUT2D eigenvalue weighted by Crippen LogP contribution is -2.37. The van der Waals surface area contributed by atoms with E-state index in [-0.39, 0.29) is 17.7 Å². The number of alkyl halides is 3. The summed E-state index contributed by atoms with van der Waals surface area (Å²) in [5.41, 5.74) is 1.41. The molecule has 0 aliphatic heterocycles. The van der Waals surface area contributed by atoms with Gasteiger partial charge in [-0.15, -0.1) is 0 Å². The van der Waals surface area contributed by atoms with E-state index in [1.165, 1.54) is 12.1 Å². The molecule has 1 aromatic carbocycles. The predicted molar refractivity (Wildman–Crippen MR) is 70.5 cm³/mol. The molecule has 4 N–H and O–H groups in total. The van der Waals surface area contributed by atoms with Crippen LogP contribution in [-0.2, 0) is 6.18 Å². The molecule has 0 unspecified atom stereocenters. The summed E-state index contributed by atoms with van der Waals surface area (Å²) in [5, 5.41) is 2.58. The molecule has 1 aliphatic rings. The lowest BCUT2D eigenvalue weighted by Gasteiger charge is -2.15. The van der Waals surface area contributed by atoms with Crippen LogP contribution in [0, 0.1) is 0 Å². The first kappa shape index (κ1) is 14.1. The van der Waals surface area contributed by atoms with E-state index < -0.39 is 11.7 Å². The van der Waals surface area contributed by atoms with Gasteiger partial charge < -0.3 is 5.32 Å². The van der Waals surface area contributed by atoms with Crippen molar-refractivity contribution < 1.29 is 13.2 Å². The minimum Gasteiger partial charge on any atom is -0.325 e. The summed E-state index contributed by atoms with van der Waals surface area (Å²) < 4.78 is 39.1. The normalized spacial score (nSPS) is 16.4. The summed E-state index contributed by atoms with van der Waals surface area (Å²) in [7, 11) is 0.